The minimum atomic E-state index is -1.45. The standard InChI is InChI=1S/C20H23F2N9O/c1-11-6-17(30-29-11)26-18-14-10-25-31(13-2-4-32-5-3-13)19(14)28-20(23,27-18)8-16-15(22)7-12(21)9-24-16/h6-7,9-10,13,28H,2-5,8,23H2,1H3,(H2,26,27,29,30). The number of nitrogens with two attached hydrogens (primary N) is 1. The highest BCUT2D eigenvalue weighted by molar-refractivity contribution is 6.12. The Balaban J connectivity index is 1.53. The Hall–Kier alpha value is -3.38. The minimum absolute atomic E-state index is 0.000644. The van der Waals surface area contributed by atoms with Gasteiger partial charge in [0.1, 0.15) is 23.3 Å². The number of hydrogen-bond acceptors (Lipinski definition) is 8. The number of halogens is 2. The Labute approximate surface area is 182 Å². The summed E-state index contributed by atoms with van der Waals surface area (Å²) in [5.41, 5.74) is 8.17. The van der Waals surface area contributed by atoms with Gasteiger partial charge in [-0.25, -0.2) is 18.5 Å². The first kappa shape index (κ1) is 20.5. The van der Waals surface area contributed by atoms with Crippen LogP contribution in [-0.4, -0.2) is 49.8 Å². The van der Waals surface area contributed by atoms with Gasteiger partial charge in [0, 0.05) is 31.0 Å². The summed E-state index contributed by atoms with van der Waals surface area (Å²) in [6.07, 6.45) is 4.17. The normalized spacial score (nSPS) is 21.1. The summed E-state index contributed by atoms with van der Waals surface area (Å²) in [4.78, 5) is 8.49. The molecule has 0 aliphatic carbocycles. The molecule has 5 rings (SSSR count). The monoisotopic (exact) mass is 443 g/mol. The lowest BCUT2D eigenvalue weighted by Gasteiger charge is -2.34. The highest BCUT2D eigenvalue weighted by Crippen LogP contribution is 2.33. The number of pyridine rings is 1. The molecule has 0 spiro atoms. The summed E-state index contributed by atoms with van der Waals surface area (Å²) in [6, 6.07) is 2.73. The van der Waals surface area contributed by atoms with Crippen molar-refractivity contribution in [3.8, 4) is 0 Å². The van der Waals surface area contributed by atoms with Crippen LogP contribution < -0.4 is 16.4 Å². The number of rotatable bonds is 4. The van der Waals surface area contributed by atoms with Crippen molar-refractivity contribution in [2.24, 2.45) is 10.7 Å². The van der Waals surface area contributed by atoms with Crippen molar-refractivity contribution in [3.05, 3.63) is 53.1 Å². The molecule has 0 amide bonds. The van der Waals surface area contributed by atoms with E-state index in [0.29, 0.717) is 36.2 Å². The first-order chi connectivity index (χ1) is 15.4. The van der Waals surface area contributed by atoms with Crippen LogP contribution in [-0.2, 0) is 11.2 Å². The van der Waals surface area contributed by atoms with Crippen molar-refractivity contribution in [3.63, 3.8) is 0 Å². The number of amidine groups is 1. The number of fused-ring (bicyclic) bond motifs is 1. The molecule has 32 heavy (non-hydrogen) atoms. The first-order valence-corrected chi connectivity index (χ1v) is 10.3. The molecule has 1 fully saturated rings. The van der Waals surface area contributed by atoms with E-state index in [1.807, 2.05) is 17.7 Å². The first-order valence-electron chi connectivity index (χ1n) is 10.3. The molecule has 10 nitrogen and oxygen atoms in total. The third kappa shape index (κ3) is 3.94. The van der Waals surface area contributed by atoms with E-state index in [-0.39, 0.29) is 18.2 Å². The lowest BCUT2D eigenvalue weighted by molar-refractivity contribution is 0.0667. The van der Waals surface area contributed by atoms with Gasteiger partial charge in [0.05, 0.1) is 36.1 Å². The predicted octanol–water partition coefficient (Wildman–Crippen LogP) is 2.08. The molecule has 0 aromatic carbocycles. The number of nitrogens with one attached hydrogen (secondary N) is 3. The molecule has 1 atom stereocenters. The van der Waals surface area contributed by atoms with Gasteiger partial charge in [0.2, 0.25) is 0 Å². The van der Waals surface area contributed by atoms with Crippen LogP contribution in [0.4, 0.5) is 20.4 Å². The number of aromatic amines is 1. The van der Waals surface area contributed by atoms with Crippen molar-refractivity contribution in [1.29, 1.82) is 0 Å². The van der Waals surface area contributed by atoms with E-state index in [0.717, 1.165) is 30.8 Å². The lowest BCUT2D eigenvalue weighted by Crippen LogP contribution is -2.52. The Morgan fingerprint density at radius 2 is 2.09 bits per heavy atom. The van der Waals surface area contributed by atoms with Crippen LogP contribution in [0.5, 0.6) is 0 Å². The average molecular weight is 443 g/mol. The lowest BCUT2D eigenvalue weighted by atomic mass is 10.1. The summed E-state index contributed by atoms with van der Waals surface area (Å²) in [7, 11) is 0. The summed E-state index contributed by atoms with van der Waals surface area (Å²) < 4.78 is 35.0. The Kier molecular flexibility index (Phi) is 5.10. The van der Waals surface area contributed by atoms with E-state index in [9.17, 15) is 8.78 Å². The summed E-state index contributed by atoms with van der Waals surface area (Å²) in [6.45, 7) is 3.17. The van der Waals surface area contributed by atoms with Gasteiger partial charge in [0.25, 0.3) is 0 Å². The number of aryl methyl sites for hydroxylation is 1. The summed E-state index contributed by atoms with van der Waals surface area (Å²) in [5.74, 6) is -1.34. The maximum Gasteiger partial charge on any atom is 0.191 e. The van der Waals surface area contributed by atoms with Crippen LogP contribution in [0, 0.1) is 18.6 Å². The zero-order valence-corrected chi connectivity index (χ0v) is 17.4. The van der Waals surface area contributed by atoms with Gasteiger partial charge in [-0.3, -0.25) is 15.8 Å². The molecular weight excluding hydrogens is 420 g/mol. The maximum atomic E-state index is 14.3. The second-order valence-corrected chi connectivity index (χ2v) is 8.02. The van der Waals surface area contributed by atoms with Crippen LogP contribution in [0.3, 0.4) is 0 Å². The molecule has 3 aromatic heterocycles. The SMILES string of the molecule is Cc1cc(NC2=NC(N)(Cc3ncc(F)cc3F)Nc3c2cnn3C2CCOCC2)n[nH]1. The molecule has 168 valence electrons. The van der Waals surface area contributed by atoms with Crippen molar-refractivity contribution in [2.75, 3.05) is 23.8 Å². The smallest absolute Gasteiger partial charge is 0.191 e. The molecule has 0 radical (unpaired) electrons. The molecule has 2 aliphatic heterocycles. The van der Waals surface area contributed by atoms with E-state index in [2.05, 4.69) is 35.9 Å². The van der Waals surface area contributed by atoms with Crippen LogP contribution in [0.1, 0.15) is 35.8 Å². The fraction of sp³-hybridized carbons (Fsp3) is 0.400. The Bertz CT molecular complexity index is 1170. The second kappa shape index (κ2) is 7.95. The quantitative estimate of drug-likeness (QED) is 0.486. The van der Waals surface area contributed by atoms with Gasteiger partial charge >= 0.3 is 0 Å². The van der Waals surface area contributed by atoms with E-state index >= 15 is 0 Å². The Morgan fingerprint density at radius 1 is 1.28 bits per heavy atom. The van der Waals surface area contributed by atoms with Crippen molar-refractivity contribution in [2.45, 2.75) is 38.0 Å². The topological polar surface area (TPSA) is 131 Å². The van der Waals surface area contributed by atoms with Crippen molar-refractivity contribution < 1.29 is 13.5 Å². The number of nitrogens with zero attached hydrogens (tertiary/aromatic N) is 5. The van der Waals surface area contributed by atoms with Crippen LogP contribution in [0.25, 0.3) is 0 Å². The van der Waals surface area contributed by atoms with Gasteiger partial charge in [-0.05, 0) is 19.8 Å². The van der Waals surface area contributed by atoms with Gasteiger partial charge < -0.3 is 15.4 Å². The number of aromatic nitrogens is 5. The Morgan fingerprint density at radius 3 is 2.81 bits per heavy atom. The molecule has 0 bridgehead atoms. The fourth-order valence-electron chi connectivity index (χ4n) is 3.97. The molecule has 5 heterocycles. The van der Waals surface area contributed by atoms with Crippen LogP contribution >= 0.6 is 0 Å². The zero-order valence-electron chi connectivity index (χ0n) is 17.4. The summed E-state index contributed by atoms with van der Waals surface area (Å²) in [5, 5.41) is 18.0. The molecule has 12 heteroatoms. The number of aliphatic imine (C=N–C) groups is 1. The third-order valence-electron chi connectivity index (χ3n) is 5.51. The second-order valence-electron chi connectivity index (χ2n) is 8.02. The summed E-state index contributed by atoms with van der Waals surface area (Å²) >= 11 is 0. The fourth-order valence-corrected chi connectivity index (χ4v) is 3.97. The largest absolute Gasteiger partial charge is 0.381 e. The van der Waals surface area contributed by atoms with Crippen LogP contribution in [0.15, 0.2) is 29.5 Å². The van der Waals surface area contributed by atoms with E-state index in [1.165, 1.54) is 0 Å². The van der Waals surface area contributed by atoms with E-state index in [4.69, 9.17) is 10.5 Å². The zero-order chi connectivity index (χ0) is 22.3. The van der Waals surface area contributed by atoms with Crippen molar-refractivity contribution >= 4 is 17.5 Å². The molecule has 3 aromatic rings. The van der Waals surface area contributed by atoms with Crippen LogP contribution in [0.2, 0.25) is 0 Å². The van der Waals surface area contributed by atoms with E-state index in [1.54, 1.807) is 6.20 Å². The molecule has 2 aliphatic rings. The predicted molar refractivity (Wildman–Crippen MR) is 113 cm³/mol. The van der Waals surface area contributed by atoms with Gasteiger partial charge in [-0.15, -0.1) is 0 Å². The number of hydrogen-bond donors (Lipinski definition) is 4. The maximum absolute atomic E-state index is 14.3. The van der Waals surface area contributed by atoms with Gasteiger partial charge in [0.15, 0.2) is 11.6 Å². The number of ether oxygens (including phenoxy) is 1. The number of H-pyrrole nitrogens is 1. The van der Waals surface area contributed by atoms with Gasteiger partial charge in [-0.2, -0.15) is 10.2 Å². The van der Waals surface area contributed by atoms with Gasteiger partial charge in [-0.1, -0.05) is 0 Å². The van der Waals surface area contributed by atoms with E-state index < -0.39 is 17.4 Å². The molecule has 0 saturated carbocycles. The molecular formula is C20H23F2N9O. The highest BCUT2D eigenvalue weighted by Gasteiger charge is 2.37. The van der Waals surface area contributed by atoms with Crippen molar-refractivity contribution in [1.82, 2.24) is 25.0 Å². The molecule has 1 saturated heterocycles. The molecule has 5 N–H and O–H groups in total. The minimum Gasteiger partial charge on any atom is -0.381 e. The molecule has 1 unspecified atom stereocenters. The third-order valence-corrected chi connectivity index (χ3v) is 5.51. The highest BCUT2D eigenvalue weighted by atomic mass is 19.1. The average Bonchev–Trinajstić information content (AvgIpc) is 3.36. The number of anilines is 2.